The minimum atomic E-state index is -0.679. The van der Waals surface area contributed by atoms with Gasteiger partial charge in [0.05, 0.1) is 6.20 Å². The van der Waals surface area contributed by atoms with Gasteiger partial charge in [-0.05, 0) is 5.92 Å². The molecule has 1 unspecified atom stereocenters. The molecule has 1 atom stereocenters. The summed E-state index contributed by atoms with van der Waals surface area (Å²) >= 11 is 1.18. The summed E-state index contributed by atoms with van der Waals surface area (Å²) in [6, 6.07) is 0.805. The minimum absolute atomic E-state index is 0.0514. The molecule has 0 amide bonds. The summed E-state index contributed by atoms with van der Waals surface area (Å²) < 4.78 is 25.5. The van der Waals surface area contributed by atoms with Crippen molar-refractivity contribution in [2.75, 3.05) is 12.4 Å². The van der Waals surface area contributed by atoms with Gasteiger partial charge in [0.2, 0.25) is 0 Å². The predicted octanol–water partition coefficient (Wildman–Crippen LogP) is 2.08. The highest BCUT2D eigenvalue weighted by molar-refractivity contribution is 7.99. The Balaban J connectivity index is 2.59. The molecule has 0 spiro atoms. The van der Waals surface area contributed by atoms with Crippen LogP contribution in [-0.4, -0.2) is 22.5 Å². The zero-order valence-corrected chi connectivity index (χ0v) is 8.52. The first kappa shape index (κ1) is 11.4. The van der Waals surface area contributed by atoms with Crippen LogP contribution in [0.15, 0.2) is 17.3 Å². The minimum Gasteiger partial charge on any atom is -0.396 e. The second-order valence-corrected chi connectivity index (χ2v) is 4.05. The molecule has 0 fully saturated rings. The summed E-state index contributed by atoms with van der Waals surface area (Å²) in [5, 5.41) is 8.91. The number of aromatic nitrogens is 1. The molecule has 1 heterocycles. The number of aliphatic hydroxyl groups excluding tert-OH is 1. The summed E-state index contributed by atoms with van der Waals surface area (Å²) in [5.74, 6) is -0.695. The number of nitrogens with zero attached hydrogens (tertiary/aromatic N) is 1. The van der Waals surface area contributed by atoms with Crippen LogP contribution in [-0.2, 0) is 0 Å². The van der Waals surface area contributed by atoms with Crippen LogP contribution < -0.4 is 0 Å². The molecule has 0 aliphatic rings. The summed E-state index contributed by atoms with van der Waals surface area (Å²) in [5.41, 5.74) is 0. The highest BCUT2D eigenvalue weighted by Crippen LogP contribution is 2.21. The van der Waals surface area contributed by atoms with Gasteiger partial charge in [0.15, 0.2) is 5.82 Å². The number of rotatable bonds is 4. The Morgan fingerprint density at radius 1 is 1.57 bits per heavy atom. The third kappa shape index (κ3) is 3.23. The van der Waals surface area contributed by atoms with E-state index >= 15 is 0 Å². The average Bonchev–Trinajstić information content (AvgIpc) is 2.16. The van der Waals surface area contributed by atoms with Gasteiger partial charge in [0.25, 0.3) is 0 Å². The molecule has 0 radical (unpaired) electrons. The van der Waals surface area contributed by atoms with E-state index in [4.69, 9.17) is 5.11 Å². The van der Waals surface area contributed by atoms with Crippen molar-refractivity contribution in [3.05, 3.63) is 23.9 Å². The summed E-state index contributed by atoms with van der Waals surface area (Å²) in [6.45, 7) is 1.89. The van der Waals surface area contributed by atoms with E-state index in [-0.39, 0.29) is 17.6 Å². The molecule has 78 valence electrons. The molecule has 2 nitrogen and oxygen atoms in total. The van der Waals surface area contributed by atoms with Gasteiger partial charge in [-0.15, -0.1) is 11.8 Å². The molecule has 1 N–H and O–H groups in total. The van der Waals surface area contributed by atoms with E-state index in [1.807, 2.05) is 6.92 Å². The third-order valence-corrected chi connectivity index (χ3v) is 2.90. The largest absolute Gasteiger partial charge is 0.396 e. The SMILES string of the molecule is CC(CO)CSc1ncc(F)cc1F. The van der Waals surface area contributed by atoms with E-state index in [0.29, 0.717) is 5.75 Å². The second-order valence-electron chi connectivity index (χ2n) is 3.04. The molecule has 1 aromatic heterocycles. The maximum Gasteiger partial charge on any atom is 0.158 e. The molecular formula is C9H11F2NOS. The molecule has 5 heteroatoms. The van der Waals surface area contributed by atoms with Gasteiger partial charge in [-0.1, -0.05) is 6.92 Å². The van der Waals surface area contributed by atoms with Crippen molar-refractivity contribution in [1.82, 2.24) is 4.98 Å². The first-order chi connectivity index (χ1) is 6.63. The Morgan fingerprint density at radius 2 is 2.29 bits per heavy atom. The molecule has 1 rings (SSSR count). The van der Waals surface area contributed by atoms with Crippen molar-refractivity contribution >= 4 is 11.8 Å². The Bertz CT molecular complexity index is 309. The van der Waals surface area contributed by atoms with Gasteiger partial charge in [0, 0.05) is 18.4 Å². The van der Waals surface area contributed by atoms with Gasteiger partial charge >= 0.3 is 0 Å². The molecule has 0 bridgehead atoms. The molecule has 0 aliphatic carbocycles. The van der Waals surface area contributed by atoms with E-state index < -0.39 is 11.6 Å². The number of thioether (sulfide) groups is 1. The highest BCUT2D eigenvalue weighted by Gasteiger charge is 2.08. The van der Waals surface area contributed by atoms with E-state index in [2.05, 4.69) is 4.98 Å². The van der Waals surface area contributed by atoms with E-state index in [0.717, 1.165) is 12.3 Å². The fraction of sp³-hybridized carbons (Fsp3) is 0.444. The van der Waals surface area contributed by atoms with Crippen LogP contribution >= 0.6 is 11.8 Å². The van der Waals surface area contributed by atoms with Gasteiger partial charge in [-0.2, -0.15) is 0 Å². The maximum atomic E-state index is 13.0. The van der Waals surface area contributed by atoms with Crippen LogP contribution in [0.3, 0.4) is 0 Å². The average molecular weight is 219 g/mol. The molecule has 0 aliphatic heterocycles. The molecule has 0 aromatic carbocycles. The fourth-order valence-electron chi connectivity index (χ4n) is 0.782. The first-order valence-corrected chi connectivity index (χ1v) is 5.16. The van der Waals surface area contributed by atoms with Crippen LogP contribution in [0.4, 0.5) is 8.78 Å². The summed E-state index contributed by atoms with van der Waals surface area (Å²) in [7, 11) is 0. The van der Waals surface area contributed by atoms with Crippen molar-refractivity contribution in [2.24, 2.45) is 5.92 Å². The van der Waals surface area contributed by atoms with Crippen molar-refractivity contribution in [2.45, 2.75) is 11.9 Å². The smallest absolute Gasteiger partial charge is 0.158 e. The van der Waals surface area contributed by atoms with Crippen LogP contribution in [0.5, 0.6) is 0 Å². The third-order valence-electron chi connectivity index (χ3n) is 1.59. The first-order valence-electron chi connectivity index (χ1n) is 4.18. The van der Waals surface area contributed by atoms with Gasteiger partial charge in [-0.3, -0.25) is 0 Å². The Kier molecular flexibility index (Phi) is 4.28. The molecule has 0 saturated heterocycles. The number of hydrogen-bond donors (Lipinski definition) is 1. The number of aliphatic hydroxyl groups is 1. The second kappa shape index (κ2) is 5.26. The van der Waals surface area contributed by atoms with E-state index in [1.54, 1.807) is 0 Å². The van der Waals surface area contributed by atoms with E-state index in [9.17, 15) is 8.78 Å². The predicted molar refractivity (Wildman–Crippen MR) is 51.1 cm³/mol. The zero-order chi connectivity index (χ0) is 10.6. The zero-order valence-electron chi connectivity index (χ0n) is 7.70. The van der Waals surface area contributed by atoms with Crippen molar-refractivity contribution < 1.29 is 13.9 Å². The molecule has 14 heavy (non-hydrogen) atoms. The van der Waals surface area contributed by atoms with Gasteiger partial charge < -0.3 is 5.11 Å². The van der Waals surface area contributed by atoms with Crippen LogP contribution in [0.25, 0.3) is 0 Å². The van der Waals surface area contributed by atoms with Crippen LogP contribution in [0.1, 0.15) is 6.92 Å². The van der Waals surface area contributed by atoms with Crippen molar-refractivity contribution in [3.63, 3.8) is 0 Å². The maximum absolute atomic E-state index is 13.0. The summed E-state index contributed by atoms with van der Waals surface area (Å²) in [6.07, 6.45) is 0.981. The Labute approximate surface area is 85.4 Å². The highest BCUT2D eigenvalue weighted by atomic mass is 32.2. The van der Waals surface area contributed by atoms with Crippen molar-refractivity contribution in [1.29, 1.82) is 0 Å². The lowest BCUT2D eigenvalue weighted by Crippen LogP contribution is -2.04. The quantitative estimate of drug-likeness (QED) is 0.787. The topological polar surface area (TPSA) is 33.1 Å². The lowest BCUT2D eigenvalue weighted by Gasteiger charge is -2.06. The number of pyridine rings is 1. The number of halogens is 2. The Morgan fingerprint density at radius 3 is 2.86 bits per heavy atom. The van der Waals surface area contributed by atoms with E-state index in [1.165, 1.54) is 11.8 Å². The van der Waals surface area contributed by atoms with Crippen LogP contribution in [0.2, 0.25) is 0 Å². The fourth-order valence-corrected chi connectivity index (χ4v) is 1.65. The molecule has 1 aromatic rings. The molecule has 0 saturated carbocycles. The number of hydrogen-bond acceptors (Lipinski definition) is 3. The van der Waals surface area contributed by atoms with Gasteiger partial charge in [0.1, 0.15) is 10.8 Å². The lowest BCUT2D eigenvalue weighted by molar-refractivity contribution is 0.250. The normalized spacial score (nSPS) is 12.9. The van der Waals surface area contributed by atoms with Crippen molar-refractivity contribution in [3.8, 4) is 0 Å². The monoisotopic (exact) mass is 219 g/mol. The Hall–Kier alpha value is -0.680. The van der Waals surface area contributed by atoms with Crippen LogP contribution in [0, 0.1) is 17.6 Å². The summed E-state index contributed by atoms with van der Waals surface area (Å²) in [4.78, 5) is 3.62. The molecular weight excluding hydrogens is 208 g/mol. The standard InChI is InChI=1S/C9H11F2NOS/c1-6(4-13)5-14-9-8(11)2-7(10)3-12-9/h2-3,6,13H,4-5H2,1H3. The lowest BCUT2D eigenvalue weighted by atomic mass is 10.2. The van der Waals surface area contributed by atoms with Gasteiger partial charge in [-0.25, -0.2) is 13.8 Å².